The number of benzene rings is 1. The number of likely N-dealkylation sites (N-methyl/N-ethyl adjacent to an activating group) is 1. The minimum absolute atomic E-state index is 0.0330. The van der Waals surface area contributed by atoms with Gasteiger partial charge in [0, 0.05) is 24.7 Å². The summed E-state index contributed by atoms with van der Waals surface area (Å²) in [6.07, 6.45) is 6.80. The Hall–Kier alpha value is -3.32. The van der Waals surface area contributed by atoms with E-state index in [1.807, 2.05) is 49.3 Å². The van der Waals surface area contributed by atoms with Crippen molar-refractivity contribution >= 4 is 22.8 Å². The number of nitrogens with zero attached hydrogens (tertiary/aromatic N) is 3. The molecule has 0 fully saturated rings. The summed E-state index contributed by atoms with van der Waals surface area (Å²) in [7, 11) is 3.90. The molecular weight excluding hydrogens is 368 g/mol. The molecule has 0 aliphatic heterocycles. The molecule has 7 nitrogen and oxygen atoms in total. The number of nitrogens with one attached hydrogen (secondary N) is 1. The number of aromatic nitrogens is 3. The molecule has 150 valence electrons. The van der Waals surface area contributed by atoms with Crippen molar-refractivity contribution in [1.82, 2.24) is 19.9 Å². The molecule has 0 spiro atoms. The molecule has 0 bridgehead atoms. The van der Waals surface area contributed by atoms with Crippen molar-refractivity contribution in [2.24, 2.45) is 0 Å². The van der Waals surface area contributed by atoms with Gasteiger partial charge in [0.1, 0.15) is 12.0 Å². The van der Waals surface area contributed by atoms with Crippen molar-refractivity contribution in [2.45, 2.75) is 13.3 Å². The molecule has 2 aromatic heterocycles. The Bertz CT molecular complexity index is 1050. The van der Waals surface area contributed by atoms with Gasteiger partial charge in [-0.2, -0.15) is 0 Å². The third-order valence-electron chi connectivity index (χ3n) is 4.32. The summed E-state index contributed by atoms with van der Waals surface area (Å²) in [6, 6.07) is 7.61. The minimum atomic E-state index is -0.424. The van der Waals surface area contributed by atoms with Crippen LogP contribution in [0.3, 0.4) is 0 Å². The number of rotatable bonds is 8. The smallest absolute Gasteiger partial charge is 0.340 e. The molecule has 29 heavy (non-hydrogen) atoms. The second kappa shape index (κ2) is 9.25. The first-order valence-electron chi connectivity index (χ1n) is 9.42. The highest BCUT2D eigenvalue weighted by molar-refractivity contribution is 6.08. The average Bonchev–Trinajstić information content (AvgIpc) is 3.12. The quantitative estimate of drug-likeness (QED) is 0.468. The molecule has 3 rings (SSSR count). The zero-order valence-electron chi connectivity index (χ0n) is 16.8. The van der Waals surface area contributed by atoms with Crippen LogP contribution >= 0.6 is 0 Å². The Kier molecular flexibility index (Phi) is 6.51. The molecule has 0 saturated carbocycles. The Balaban J connectivity index is 1.92. The van der Waals surface area contributed by atoms with Crippen molar-refractivity contribution in [3.8, 4) is 11.3 Å². The van der Waals surface area contributed by atoms with E-state index < -0.39 is 5.97 Å². The standard InChI is InChI=1S/C22H24N4O3/c1-4-29-22(28)18-13-23-21-19(18)20(24-14-25-21)16-8-5-7-15(11-16)12-17(27)9-6-10-26(2)3/h5-9,11,13-14H,4,10,12H2,1-3H3,(H,23,24,25)/b9-6+. The van der Waals surface area contributed by atoms with Gasteiger partial charge in [0.05, 0.1) is 23.3 Å². The lowest BCUT2D eigenvalue weighted by Gasteiger charge is -2.07. The summed E-state index contributed by atoms with van der Waals surface area (Å²) in [5.74, 6) is -0.391. The number of ether oxygens (including phenoxy) is 1. The number of carbonyl (C=O) groups is 2. The van der Waals surface area contributed by atoms with Crippen molar-refractivity contribution in [3.05, 3.63) is 60.1 Å². The number of esters is 1. The topological polar surface area (TPSA) is 88.2 Å². The number of hydrogen-bond donors (Lipinski definition) is 1. The lowest BCUT2D eigenvalue weighted by molar-refractivity contribution is -0.114. The maximum absolute atomic E-state index is 12.3. The fourth-order valence-corrected chi connectivity index (χ4v) is 3.04. The van der Waals surface area contributed by atoms with Crippen LogP contribution in [0.2, 0.25) is 0 Å². The molecule has 1 aromatic carbocycles. The molecule has 7 heteroatoms. The van der Waals surface area contributed by atoms with E-state index in [1.165, 1.54) is 6.33 Å². The summed E-state index contributed by atoms with van der Waals surface area (Å²) in [4.78, 5) is 38.1. The molecule has 0 saturated heterocycles. The van der Waals surface area contributed by atoms with E-state index in [-0.39, 0.29) is 12.4 Å². The van der Waals surface area contributed by atoms with Gasteiger partial charge in [-0.15, -0.1) is 0 Å². The third-order valence-corrected chi connectivity index (χ3v) is 4.32. The van der Waals surface area contributed by atoms with Gasteiger partial charge in [-0.1, -0.05) is 24.3 Å². The predicted molar refractivity (Wildman–Crippen MR) is 112 cm³/mol. The number of aromatic amines is 1. The molecule has 0 radical (unpaired) electrons. The van der Waals surface area contributed by atoms with Crippen LogP contribution in [0, 0.1) is 0 Å². The van der Waals surface area contributed by atoms with Crippen LogP contribution in [0.25, 0.3) is 22.3 Å². The highest BCUT2D eigenvalue weighted by Crippen LogP contribution is 2.29. The second-order valence-corrected chi connectivity index (χ2v) is 6.88. The fraction of sp³-hybridized carbons (Fsp3) is 0.273. The number of carbonyl (C=O) groups excluding carboxylic acids is 2. The number of ketones is 1. The van der Waals surface area contributed by atoms with E-state index in [2.05, 4.69) is 15.0 Å². The Morgan fingerprint density at radius 2 is 2.07 bits per heavy atom. The first-order chi connectivity index (χ1) is 14.0. The lowest BCUT2D eigenvalue weighted by atomic mass is 10.0. The highest BCUT2D eigenvalue weighted by Gasteiger charge is 2.19. The van der Waals surface area contributed by atoms with Crippen LogP contribution in [-0.4, -0.2) is 58.9 Å². The Labute approximate surface area is 169 Å². The third kappa shape index (κ3) is 4.94. The van der Waals surface area contributed by atoms with Crippen molar-refractivity contribution in [1.29, 1.82) is 0 Å². The monoisotopic (exact) mass is 392 g/mol. The number of H-pyrrole nitrogens is 1. The molecule has 1 N–H and O–H groups in total. The van der Waals surface area contributed by atoms with Gasteiger partial charge in [0.25, 0.3) is 0 Å². The number of hydrogen-bond acceptors (Lipinski definition) is 6. The normalized spacial score (nSPS) is 11.4. The summed E-state index contributed by atoms with van der Waals surface area (Å²) in [5, 5.41) is 0.611. The molecule has 3 aromatic rings. The van der Waals surface area contributed by atoms with E-state index in [0.29, 0.717) is 28.7 Å². The van der Waals surface area contributed by atoms with Gasteiger partial charge < -0.3 is 14.6 Å². The predicted octanol–water partition coefficient (Wildman–Crippen LogP) is 3.03. The fourth-order valence-electron chi connectivity index (χ4n) is 3.04. The van der Waals surface area contributed by atoms with E-state index in [1.54, 1.807) is 19.2 Å². The van der Waals surface area contributed by atoms with Gasteiger partial charge in [-0.25, -0.2) is 14.8 Å². The zero-order valence-corrected chi connectivity index (χ0v) is 16.8. The van der Waals surface area contributed by atoms with Gasteiger partial charge in [-0.05, 0) is 38.7 Å². The zero-order chi connectivity index (χ0) is 20.8. The van der Waals surface area contributed by atoms with Crippen molar-refractivity contribution in [2.75, 3.05) is 27.2 Å². The van der Waals surface area contributed by atoms with Gasteiger partial charge in [0.2, 0.25) is 0 Å². The van der Waals surface area contributed by atoms with E-state index >= 15 is 0 Å². The van der Waals surface area contributed by atoms with Gasteiger partial charge in [-0.3, -0.25) is 4.79 Å². The van der Waals surface area contributed by atoms with Crippen molar-refractivity contribution in [3.63, 3.8) is 0 Å². The number of allylic oxidation sites excluding steroid dienone is 1. The van der Waals surface area contributed by atoms with E-state index in [9.17, 15) is 9.59 Å². The first kappa shape index (κ1) is 20.4. The maximum Gasteiger partial charge on any atom is 0.340 e. The molecule has 2 heterocycles. The van der Waals surface area contributed by atoms with Crippen LogP contribution in [0.1, 0.15) is 22.8 Å². The number of fused-ring (bicyclic) bond motifs is 1. The summed E-state index contributed by atoms with van der Waals surface area (Å²) < 4.78 is 5.15. The Morgan fingerprint density at radius 3 is 2.83 bits per heavy atom. The highest BCUT2D eigenvalue weighted by atomic mass is 16.5. The SMILES string of the molecule is CCOC(=O)c1c[nH]c2ncnc(-c3cccc(CC(=O)/C=C/CN(C)C)c3)c12. The molecule has 0 atom stereocenters. The average molecular weight is 392 g/mol. The summed E-state index contributed by atoms with van der Waals surface area (Å²) >= 11 is 0. The Morgan fingerprint density at radius 1 is 1.24 bits per heavy atom. The summed E-state index contributed by atoms with van der Waals surface area (Å²) in [5.41, 5.74) is 3.26. The molecule has 0 aliphatic rings. The first-order valence-corrected chi connectivity index (χ1v) is 9.42. The summed E-state index contributed by atoms with van der Waals surface area (Å²) in [6.45, 7) is 2.76. The van der Waals surface area contributed by atoms with Crippen LogP contribution in [0.15, 0.2) is 48.9 Å². The molecule has 0 unspecified atom stereocenters. The van der Waals surface area contributed by atoms with Crippen LogP contribution in [-0.2, 0) is 16.0 Å². The van der Waals surface area contributed by atoms with Crippen molar-refractivity contribution < 1.29 is 14.3 Å². The van der Waals surface area contributed by atoms with Gasteiger partial charge >= 0.3 is 5.97 Å². The maximum atomic E-state index is 12.3. The van der Waals surface area contributed by atoms with Crippen LogP contribution in [0.4, 0.5) is 0 Å². The lowest BCUT2D eigenvalue weighted by Crippen LogP contribution is -2.11. The second-order valence-electron chi connectivity index (χ2n) is 6.88. The minimum Gasteiger partial charge on any atom is -0.462 e. The van der Waals surface area contributed by atoms with Crippen LogP contribution in [0.5, 0.6) is 0 Å². The molecular formula is C22H24N4O3. The molecule has 0 amide bonds. The van der Waals surface area contributed by atoms with E-state index in [4.69, 9.17) is 4.74 Å². The largest absolute Gasteiger partial charge is 0.462 e. The molecule has 0 aliphatic carbocycles. The van der Waals surface area contributed by atoms with Crippen LogP contribution < -0.4 is 0 Å². The van der Waals surface area contributed by atoms with E-state index in [0.717, 1.165) is 17.7 Å². The van der Waals surface area contributed by atoms with Gasteiger partial charge in [0.15, 0.2) is 5.78 Å².